The molecule has 1 amide bonds. The maximum absolute atomic E-state index is 12.8. The van der Waals surface area contributed by atoms with Gasteiger partial charge in [-0.05, 0) is 43.7 Å². The number of hydrogen-bond donors (Lipinski definition) is 2. The van der Waals surface area contributed by atoms with Gasteiger partial charge < -0.3 is 15.2 Å². The van der Waals surface area contributed by atoms with E-state index in [1.54, 1.807) is 6.20 Å². The van der Waals surface area contributed by atoms with Gasteiger partial charge in [0.1, 0.15) is 0 Å². The molecule has 1 saturated heterocycles. The van der Waals surface area contributed by atoms with Gasteiger partial charge in [0.2, 0.25) is 0 Å². The van der Waals surface area contributed by atoms with Gasteiger partial charge in [0.25, 0.3) is 5.91 Å². The number of ether oxygens (including phenoxy) is 1. The number of aromatic nitrogens is 3. The van der Waals surface area contributed by atoms with Crippen LogP contribution in [0.4, 0.5) is 0 Å². The number of pyridine rings is 1. The number of rotatable bonds is 4. The summed E-state index contributed by atoms with van der Waals surface area (Å²) in [6.45, 7) is 2.31. The molecule has 1 saturated carbocycles. The molecule has 26 heavy (non-hydrogen) atoms. The molecule has 2 atom stereocenters. The van der Waals surface area contributed by atoms with Gasteiger partial charge in [0.15, 0.2) is 11.3 Å². The summed E-state index contributed by atoms with van der Waals surface area (Å²) in [5.41, 5.74) is 1.14. The minimum Gasteiger partial charge on any atom is -0.391 e. The summed E-state index contributed by atoms with van der Waals surface area (Å²) in [7, 11) is 0. The minimum atomic E-state index is -0.471. The highest BCUT2D eigenvalue weighted by Crippen LogP contribution is 2.23. The van der Waals surface area contributed by atoms with E-state index in [-0.39, 0.29) is 11.9 Å². The van der Waals surface area contributed by atoms with Crippen molar-refractivity contribution >= 4 is 16.9 Å². The quantitative estimate of drug-likeness (QED) is 0.871. The molecular formula is C19H26N4O3. The highest BCUT2D eigenvalue weighted by molar-refractivity contribution is 6.04. The van der Waals surface area contributed by atoms with Crippen molar-refractivity contribution in [1.82, 2.24) is 20.1 Å². The first-order valence-electron chi connectivity index (χ1n) is 9.60. The van der Waals surface area contributed by atoms with E-state index in [0.29, 0.717) is 11.6 Å². The summed E-state index contributed by atoms with van der Waals surface area (Å²) in [5, 5.41) is 18.5. The Balaban J connectivity index is 1.57. The molecule has 0 bridgehead atoms. The van der Waals surface area contributed by atoms with Crippen LogP contribution in [0.3, 0.4) is 0 Å². The van der Waals surface area contributed by atoms with Crippen molar-refractivity contribution in [2.75, 3.05) is 13.2 Å². The number of aliphatic hydroxyl groups excluding tert-OH is 1. The largest absolute Gasteiger partial charge is 0.391 e. The Hall–Kier alpha value is -1.99. The van der Waals surface area contributed by atoms with Gasteiger partial charge in [-0.3, -0.25) is 4.79 Å². The second-order valence-corrected chi connectivity index (χ2v) is 7.39. The molecular weight excluding hydrogens is 332 g/mol. The Bertz CT molecular complexity index is 769. The highest BCUT2D eigenvalue weighted by atomic mass is 16.5. The molecule has 4 rings (SSSR count). The molecule has 0 radical (unpaired) electrons. The van der Waals surface area contributed by atoms with E-state index >= 15 is 0 Å². The molecule has 1 aliphatic carbocycles. The summed E-state index contributed by atoms with van der Waals surface area (Å²) in [6.07, 6.45) is 6.87. The third-order valence-corrected chi connectivity index (χ3v) is 5.54. The lowest BCUT2D eigenvalue weighted by atomic mass is 9.92. The second-order valence-electron chi connectivity index (χ2n) is 7.39. The number of nitrogens with one attached hydrogen (secondary N) is 1. The minimum absolute atomic E-state index is 0.191. The summed E-state index contributed by atoms with van der Waals surface area (Å²) >= 11 is 0. The monoisotopic (exact) mass is 358 g/mol. The molecule has 0 unspecified atom stereocenters. The Kier molecular flexibility index (Phi) is 5.17. The average molecular weight is 358 g/mol. The number of fused-ring (bicyclic) bond motifs is 1. The van der Waals surface area contributed by atoms with E-state index in [0.717, 1.165) is 69.3 Å². The zero-order valence-corrected chi connectivity index (χ0v) is 14.9. The zero-order valence-electron chi connectivity index (χ0n) is 14.9. The van der Waals surface area contributed by atoms with E-state index in [4.69, 9.17) is 4.74 Å². The van der Waals surface area contributed by atoms with Gasteiger partial charge in [-0.15, -0.1) is 0 Å². The lowest BCUT2D eigenvalue weighted by Crippen LogP contribution is -2.45. The molecule has 2 N–H and O–H groups in total. The maximum Gasteiger partial charge on any atom is 0.272 e. The smallest absolute Gasteiger partial charge is 0.272 e. The predicted molar refractivity (Wildman–Crippen MR) is 96.8 cm³/mol. The summed E-state index contributed by atoms with van der Waals surface area (Å²) in [6, 6.07) is 3.53. The molecule has 7 nitrogen and oxygen atoms in total. The first-order valence-corrected chi connectivity index (χ1v) is 9.60. The summed E-state index contributed by atoms with van der Waals surface area (Å²) in [4.78, 5) is 17.3. The number of nitrogens with zero attached hydrogens (tertiary/aromatic N) is 3. The van der Waals surface area contributed by atoms with E-state index < -0.39 is 6.10 Å². The van der Waals surface area contributed by atoms with Gasteiger partial charge in [-0.2, -0.15) is 5.10 Å². The lowest BCUT2D eigenvalue weighted by Gasteiger charge is -2.28. The lowest BCUT2D eigenvalue weighted by molar-refractivity contribution is 0.0603. The third kappa shape index (κ3) is 3.59. The number of hydrogen-bond acceptors (Lipinski definition) is 5. The molecule has 0 spiro atoms. The normalized spacial score (nSPS) is 24.7. The number of carbonyl (C=O) groups is 1. The molecule has 1 aliphatic heterocycles. The molecule has 2 fully saturated rings. The molecule has 0 aromatic carbocycles. The van der Waals surface area contributed by atoms with E-state index in [9.17, 15) is 9.90 Å². The van der Waals surface area contributed by atoms with Gasteiger partial charge in [-0.25, -0.2) is 9.67 Å². The summed E-state index contributed by atoms with van der Waals surface area (Å²) in [5.74, 6) is 0.268. The Morgan fingerprint density at radius 1 is 1.27 bits per heavy atom. The van der Waals surface area contributed by atoms with Gasteiger partial charge in [0, 0.05) is 26.0 Å². The topological polar surface area (TPSA) is 89.3 Å². The molecule has 2 aromatic heterocycles. The zero-order chi connectivity index (χ0) is 17.9. The van der Waals surface area contributed by atoms with Crippen molar-refractivity contribution in [2.45, 2.75) is 57.2 Å². The molecule has 3 heterocycles. The Labute approximate surface area is 152 Å². The van der Waals surface area contributed by atoms with Crippen LogP contribution >= 0.6 is 0 Å². The fraction of sp³-hybridized carbons (Fsp3) is 0.632. The van der Waals surface area contributed by atoms with Gasteiger partial charge in [0.05, 0.1) is 17.5 Å². The fourth-order valence-corrected chi connectivity index (χ4v) is 3.99. The van der Waals surface area contributed by atoms with Crippen LogP contribution in [0, 0.1) is 5.92 Å². The van der Waals surface area contributed by atoms with Crippen molar-refractivity contribution in [3.63, 3.8) is 0 Å². The van der Waals surface area contributed by atoms with Crippen LogP contribution in [-0.4, -0.2) is 51.1 Å². The SMILES string of the molecule is O=C(N[C@H]1CCCC[C@@H]1O)c1nn(CC2CCOCC2)c2ncccc12. The van der Waals surface area contributed by atoms with Crippen LogP contribution in [0.15, 0.2) is 18.3 Å². The maximum atomic E-state index is 12.8. The van der Waals surface area contributed by atoms with Crippen LogP contribution in [0.25, 0.3) is 11.0 Å². The fourth-order valence-electron chi connectivity index (χ4n) is 3.99. The van der Waals surface area contributed by atoms with Crippen molar-refractivity contribution in [3.8, 4) is 0 Å². The predicted octanol–water partition coefficient (Wildman–Crippen LogP) is 1.89. The first-order chi connectivity index (χ1) is 12.7. The van der Waals surface area contributed by atoms with Gasteiger partial charge >= 0.3 is 0 Å². The van der Waals surface area contributed by atoms with E-state index in [1.165, 1.54) is 0 Å². The van der Waals surface area contributed by atoms with E-state index in [2.05, 4.69) is 15.4 Å². The van der Waals surface area contributed by atoms with Crippen LogP contribution in [0.5, 0.6) is 0 Å². The van der Waals surface area contributed by atoms with Crippen molar-refractivity contribution in [2.24, 2.45) is 5.92 Å². The second kappa shape index (κ2) is 7.72. The van der Waals surface area contributed by atoms with Crippen molar-refractivity contribution in [3.05, 3.63) is 24.0 Å². The summed E-state index contributed by atoms with van der Waals surface area (Å²) < 4.78 is 7.29. The van der Waals surface area contributed by atoms with Crippen LogP contribution in [-0.2, 0) is 11.3 Å². The number of amides is 1. The first kappa shape index (κ1) is 17.4. The van der Waals surface area contributed by atoms with Crippen molar-refractivity contribution < 1.29 is 14.6 Å². The number of aliphatic hydroxyl groups is 1. The Morgan fingerprint density at radius 2 is 2.08 bits per heavy atom. The van der Waals surface area contributed by atoms with Crippen molar-refractivity contribution in [1.29, 1.82) is 0 Å². The standard InChI is InChI=1S/C19H26N4O3/c24-16-6-2-1-5-15(16)21-19(25)17-14-4-3-9-20-18(14)23(22-17)12-13-7-10-26-11-8-13/h3-4,9,13,15-16,24H,1-2,5-8,10-12H2,(H,21,25)/t15-,16-/m0/s1. The third-order valence-electron chi connectivity index (χ3n) is 5.54. The molecule has 2 aliphatic rings. The van der Waals surface area contributed by atoms with E-state index in [1.807, 2.05) is 16.8 Å². The van der Waals surface area contributed by atoms with Gasteiger partial charge in [-0.1, -0.05) is 12.8 Å². The van der Waals surface area contributed by atoms with Crippen LogP contribution in [0.2, 0.25) is 0 Å². The molecule has 7 heteroatoms. The Morgan fingerprint density at radius 3 is 2.88 bits per heavy atom. The average Bonchev–Trinajstić information content (AvgIpc) is 3.03. The highest BCUT2D eigenvalue weighted by Gasteiger charge is 2.27. The molecule has 2 aromatic rings. The molecule has 140 valence electrons. The van der Waals surface area contributed by atoms with Crippen LogP contribution in [0.1, 0.15) is 49.0 Å². The number of carbonyl (C=O) groups excluding carboxylic acids is 1. The van der Waals surface area contributed by atoms with Crippen LogP contribution < -0.4 is 5.32 Å².